The van der Waals surface area contributed by atoms with Crippen LogP contribution in [0.1, 0.15) is 21.9 Å². The molecule has 0 aliphatic heterocycles. The molecule has 0 fully saturated rings. The summed E-state index contributed by atoms with van der Waals surface area (Å²) < 4.78 is 12.4. The average Bonchev–Trinajstić information content (AvgIpc) is 3.45. The van der Waals surface area contributed by atoms with Crippen molar-refractivity contribution in [3.05, 3.63) is 98.2 Å². The first kappa shape index (κ1) is 22.3. The summed E-state index contributed by atoms with van der Waals surface area (Å²) in [6, 6.07) is 14.1. The number of para-hydroxylation sites is 2. The molecule has 168 valence electrons. The van der Waals surface area contributed by atoms with Gasteiger partial charge in [-0.25, -0.2) is 9.67 Å². The molecule has 0 unspecified atom stereocenters. The van der Waals surface area contributed by atoms with Crippen molar-refractivity contribution in [2.24, 2.45) is 0 Å². The van der Waals surface area contributed by atoms with E-state index in [2.05, 4.69) is 15.4 Å². The summed E-state index contributed by atoms with van der Waals surface area (Å²) in [4.78, 5) is 27.0. The van der Waals surface area contributed by atoms with Crippen molar-refractivity contribution in [3.8, 4) is 5.75 Å². The highest BCUT2D eigenvalue weighted by atomic mass is 35.5. The summed E-state index contributed by atoms with van der Waals surface area (Å²) in [6.07, 6.45) is 1.43. The van der Waals surface area contributed by atoms with Crippen molar-refractivity contribution in [2.45, 2.75) is 13.2 Å². The molecule has 0 saturated heterocycles. The molecule has 0 saturated carbocycles. The van der Waals surface area contributed by atoms with Crippen LogP contribution in [0.5, 0.6) is 5.75 Å². The zero-order valence-corrected chi connectivity index (χ0v) is 18.3. The van der Waals surface area contributed by atoms with Crippen molar-refractivity contribution in [2.75, 3.05) is 5.32 Å². The Morgan fingerprint density at radius 1 is 1.12 bits per heavy atom. The molecule has 10 nitrogen and oxygen atoms in total. The van der Waals surface area contributed by atoms with Crippen LogP contribution < -0.4 is 10.1 Å². The third-order valence-electron chi connectivity index (χ3n) is 4.46. The van der Waals surface area contributed by atoms with Gasteiger partial charge in [-0.3, -0.25) is 20.2 Å². The Morgan fingerprint density at radius 3 is 2.64 bits per heavy atom. The number of nitro groups is 1. The van der Waals surface area contributed by atoms with E-state index in [1.54, 1.807) is 30.3 Å². The summed E-state index contributed by atoms with van der Waals surface area (Å²) in [5.41, 5.74) is 0.514. The molecule has 0 radical (unpaired) electrons. The van der Waals surface area contributed by atoms with E-state index >= 15 is 0 Å². The zero-order valence-electron chi connectivity index (χ0n) is 16.8. The molecule has 0 spiro atoms. The zero-order chi connectivity index (χ0) is 23.4. The molecular weight excluding hydrogens is 473 g/mol. The summed E-state index contributed by atoms with van der Waals surface area (Å²) >= 11 is 12.3. The quantitative estimate of drug-likeness (QED) is 0.274. The molecule has 1 N–H and O–H groups in total. The molecule has 0 bridgehead atoms. The van der Waals surface area contributed by atoms with E-state index in [1.807, 2.05) is 0 Å². The topological polar surface area (TPSA) is 125 Å². The van der Waals surface area contributed by atoms with Crippen LogP contribution in [0.4, 0.5) is 11.6 Å². The molecule has 4 aromatic rings. The standard InChI is InChI=1S/C21H15Cl2N5O5/c22-15-4-3-5-16(23)14(15)10-27-12-24-21(26-27)25-20(29)19-9-8-13(33-19)11-32-18-7-2-1-6-17(18)28(30)31/h1-9,12H,10-11H2,(H,25,26,29). The second kappa shape index (κ2) is 9.72. The number of nitro benzene ring substituents is 1. The Morgan fingerprint density at radius 2 is 1.88 bits per heavy atom. The molecule has 1 amide bonds. The van der Waals surface area contributed by atoms with Crippen LogP contribution in [0.15, 0.2) is 65.3 Å². The van der Waals surface area contributed by atoms with Crippen molar-refractivity contribution in [1.29, 1.82) is 0 Å². The normalized spacial score (nSPS) is 10.7. The van der Waals surface area contributed by atoms with Crippen molar-refractivity contribution in [3.63, 3.8) is 0 Å². The number of carbonyl (C=O) groups excluding carboxylic acids is 1. The molecule has 0 aliphatic carbocycles. The number of hydrogen-bond acceptors (Lipinski definition) is 7. The maximum absolute atomic E-state index is 12.5. The first-order valence-electron chi connectivity index (χ1n) is 9.49. The molecule has 4 rings (SSSR count). The largest absolute Gasteiger partial charge is 0.479 e. The molecule has 12 heteroatoms. The molecular formula is C21H15Cl2N5O5. The lowest BCUT2D eigenvalue weighted by atomic mass is 10.2. The maximum Gasteiger partial charge on any atom is 0.310 e. The third-order valence-corrected chi connectivity index (χ3v) is 5.17. The van der Waals surface area contributed by atoms with E-state index in [9.17, 15) is 14.9 Å². The van der Waals surface area contributed by atoms with E-state index in [1.165, 1.54) is 35.3 Å². The van der Waals surface area contributed by atoms with E-state index in [4.69, 9.17) is 32.4 Å². The minimum Gasteiger partial charge on any atom is -0.479 e. The molecule has 0 aliphatic rings. The average molecular weight is 488 g/mol. The minimum atomic E-state index is -0.569. The van der Waals surface area contributed by atoms with Gasteiger partial charge < -0.3 is 9.15 Å². The highest BCUT2D eigenvalue weighted by Crippen LogP contribution is 2.27. The summed E-state index contributed by atoms with van der Waals surface area (Å²) in [7, 11) is 0. The number of rotatable bonds is 8. The number of hydrogen-bond donors (Lipinski definition) is 1. The number of carbonyl (C=O) groups is 1. The van der Waals surface area contributed by atoms with Crippen LogP contribution in [0.2, 0.25) is 10.0 Å². The van der Waals surface area contributed by atoms with Crippen LogP contribution in [-0.2, 0) is 13.2 Å². The Labute approximate surface area is 196 Å². The van der Waals surface area contributed by atoms with Gasteiger partial charge in [-0.05, 0) is 30.3 Å². The highest BCUT2D eigenvalue weighted by Gasteiger charge is 2.17. The number of ether oxygens (including phenoxy) is 1. The van der Waals surface area contributed by atoms with Crippen molar-refractivity contribution in [1.82, 2.24) is 14.8 Å². The van der Waals surface area contributed by atoms with Gasteiger partial charge in [0.15, 0.2) is 11.5 Å². The van der Waals surface area contributed by atoms with E-state index < -0.39 is 10.8 Å². The van der Waals surface area contributed by atoms with Gasteiger partial charge >= 0.3 is 5.69 Å². The lowest BCUT2D eigenvalue weighted by molar-refractivity contribution is -0.386. The number of amides is 1. The summed E-state index contributed by atoms with van der Waals surface area (Å²) in [6.45, 7) is 0.179. The van der Waals surface area contributed by atoms with Gasteiger partial charge in [-0.1, -0.05) is 41.4 Å². The van der Waals surface area contributed by atoms with Gasteiger partial charge in [0.05, 0.1) is 11.5 Å². The third kappa shape index (κ3) is 5.30. The maximum atomic E-state index is 12.5. The van der Waals surface area contributed by atoms with E-state index in [0.29, 0.717) is 21.4 Å². The van der Waals surface area contributed by atoms with E-state index in [0.717, 1.165) is 0 Å². The summed E-state index contributed by atoms with van der Waals surface area (Å²) in [5.74, 6) is -0.0946. The van der Waals surface area contributed by atoms with Crippen LogP contribution >= 0.6 is 23.2 Å². The molecule has 33 heavy (non-hydrogen) atoms. The molecule has 0 atom stereocenters. The first-order chi connectivity index (χ1) is 15.9. The van der Waals surface area contributed by atoms with Gasteiger partial charge in [0.2, 0.25) is 5.95 Å². The highest BCUT2D eigenvalue weighted by molar-refractivity contribution is 6.35. The predicted octanol–water partition coefficient (Wildman–Crippen LogP) is 4.97. The number of benzene rings is 2. The van der Waals surface area contributed by atoms with Gasteiger partial charge in [0.25, 0.3) is 5.91 Å². The Kier molecular flexibility index (Phi) is 6.57. The van der Waals surface area contributed by atoms with E-state index in [-0.39, 0.29) is 36.3 Å². The van der Waals surface area contributed by atoms with Crippen molar-refractivity contribution >= 4 is 40.7 Å². The summed E-state index contributed by atoms with van der Waals surface area (Å²) in [5, 5.41) is 18.8. The fraction of sp³-hybridized carbons (Fsp3) is 0.0952. The van der Waals surface area contributed by atoms with Crippen LogP contribution in [0.25, 0.3) is 0 Å². The predicted molar refractivity (Wildman–Crippen MR) is 120 cm³/mol. The Bertz CT molecular complexity index is 1300. The van der Waals surface area contributed by atoms with Crippen molar-refractivity contribution < 1.29 is 18.9 Å². The fourth-order valence-corrected chi connectivity index (χ4v) is 3.41. The lowest BCUT2D eigenvalue weighted by Crippen LogP contribution is -2.12. The van der Waals surface area contributed by atoms with Gasteiger partial charge in [0.1, 0.15) is 18.7 Å². The smallest absolute Gasteiger partial charge is 0.310 e. The fourth-order valence-electron chi connectivity index (χ4n) is 2.89. The number of aromatic nitrogens is 3. The second-order valence-corrected chi connectivity index (χ2v) is 7.51. The number of nitrogens with one attached hydrogen (secondary N) is 1. The Balaban J connectivity index is 1.37. The molecule has 2 heterocycles. The SMILES string of the molecule is O=C(Nc1ncn(Cc2c(Cl)cccc2Cl)n1)c1ccc(COc2ccccc2[N+](=O)[O-])o1. The monoisotopic (exact) mass is 487 g/mol. The number of nitrogens with zero attached hydrogens (tertiary/aromatic N) is 4. The number of furan rings is 1. The second-order valence-electron chi connectivity index (χ2n) is 6.70. The molecule has 2 aromatic heterocycles. The van der Waals surface area contributed by atoms with Crippen LogP contribution in [0, 0.1) is 10.1 Å². The number of anilines is 1. The number of halogens is 2. The van der Waals surface area contributed by atoms with Crippen LogP contribution in [-0.4, -0.2) is 25.6 Å². The lowest BCUT2D eigenvalue weighted by Gasteiger charge is -2.06. The first-order valence-corrected chi connectivity index (χ1v) is 10.2. The van der Waals surface area contributed by atoms with Crippen LogP contribution in [0.3, 0.4) is 0 Å². The van der Waals surface area contributed by atoms with Gasteiger partial charge in [0, 0.05) is 21.7 Å². The minimum absolute atomic E-state index is 0.00154. The molecule has 2 aromatic carbocycles. The van der Waals surface area contributed by atoms with Gasteiger partial charge in [-0.2, -0.15) is 0 Å². The Hall–Kier alpha value is -3.89. The van der Waals surface area contributed by atoms with Gasteiger partial charge in [-0.15, -0.1) is 5.10 Å².